The minimum atomic E-state index is -0.960. The fourth-order valence-corrected chi connectivity index (χ4v) is 2.29. The highest BCUT2D eigenvalue weighted by atomic mass is 16.4. The quantitative estimate of drug-likeness (QED) is 0.870. The van der Waals surface area contributed by atoms with Crippen LogP contribution in [0.25, 0.3) is 0 Å². The Morgan fingerprint density at radius 3 is 3.06 bits per heavy atom. The van der Waals surface area contributed by atoms with E-state index in [-0.39, 0.29) is 5.69 Å². The van der Waals surface area contributed by atoms with E-state index in [2.05, 4.69) is 16.8 Å². The summed E-state index contributed by atoms with van der Waals surface area (Å²) in [5, 5.41) is 8.89. The lowest BCUT2D eigenvalue weighted by Crippen LogP contribution is -2.37. The van der Waals surface area contributed by atoms with Crippen LogP contribution in [0, 0.1) is 0 Å². The van der Waals surface area contributed by atoms with Crippen LogP contribution in [-0.4, -0.2) is 33.5 Å². The second-order valence-corrected chi connectivity index (χ2v) is 4.63. The number of aromatic nitrogens is 1. The van der Waals surface area contributed by atoms with E-state index in [1.54, 1.807) is 6.07 Å². The lowest BCUT2D eigenvalue weighted by molar-refractivity contribution is 0.0689. The van der Waals surface area contributed by atoms with E-state index in [1.165, 1.54) is 25.3 Å². The Morgan fingerprint density at radius 2 is 2.35 bits per heavy atom. The smallest absolute Gasteiger partial charge is 0.354 e. The van der Waals surface area contributed by atoms with Crippen molar-refractivity contribution >= 4 is 5.97 Å². The van der Waals surface area contributed by atoms with Gasteiger partial charge in [0.25, 0.3) is 0 Å². The number of rotatable bonds is 3. The maximum Gasteiger partial charge on any atom is 0.354 e. The van der Waals surface area contributed by atoms with Crippen LogP contribution >= 0.6 is 0 Å². The Kier molecular flexibility index (Phi) is 3.74. The highest BCUT2D eigenvalue weighted by Gasteiger charge is 2.18. The van der Waals surface area contributed by atoms with Gasteiger partial charge in [0.2, 0.25) is 0 Å². The van der Waals surface area contributed by atoms with Crippen LogP contribution in [-0.2, 0) is 6.54 Å². The van der Waals surface area contributed by atoms with Crippen molar-refractivity contribution in [2.75, 3.05) is 6.54 Å². The molecule has 1 aliphatic heterocycles. The van der Waals surface area contributed by atoms with Gasteiger partial charge >= 0.3 is 5.97 Å². The minimum absolute atomic E-state index is 0.132. The topological polar surface area (TPSA) is 53.4 Å². The van der Waals surface area contributed by atoms with Crippen molar-refractivity contribution < 1.29 is 9.90 Å². The van der Waals surface area contributed by atoms with Gasteiger partial charge in [0.1, 0.15) is 5.69 Å². The number of carboxylic acids is 1. The molecule has 0 aromatic carbocycles. The molecule has 1 aliphatic rings. The van der Waals surface area contributed by atoms with Crippen molar-refractivity contribution in [3.8, 4) is 0 Å². The summed E-state index contributed by atoms with van der Waals surface area (Å²) in [4.78, 5) is 17.4. The van der Waals surface area contributed by atoms with E-state index in [4.69, 9.17) is 5.11 Å². The van der Waals surface area contributed by atoms with Crippen molar-refractivity contribution in [3.05, 3.63) is 29.6 Å². The summed E-state index contributed by atoms with van der Waals surface area (Å²) in [7, 11) is 0. The summed E-state index contributed by atoms with van der Waals surface area (Å²) in [5.41, 5.74) is 0.978. The number of hydrogen-bond donors (Lipinski definition) is 1. The number of pyridine rings is 1. The van der Waals surface area contributed by atoms with Crippen molar-refractivity contribution in [1.82, 2.24) is 9.88 Å². The fourth-order valence-electron chi connectivity index (χ4n) is 2.29. The summed E-state index contributed by atoms with van der Waals surface area (Å²) < 4.78 is 0. The molecule has 0 aliphatic carbocycles. The molecule has 1 atom stereocenters. The molecule has 0 amide bonds. The van der Waals surface area contributed by atoms with Crippen molar-refractivity contribution in [3.63, 3.8) is 0 Å². The largest absolute Gasteiger partial charge is 0.477 e. The summed E-state index contributed by atoms with van der Waals surface area (Å²) in [6.07, 6.45) is 3.74. The summed E-state index contributed by atoms with van der Waals surface area (Å²) in [5.74, 6) is -0.960. The van der Waals surface area contributed by atoms with Crippen LogP contribution in [0.15, 0.2) is 18.2 Å². The molecular weight excluding hydrogens is 216 g/mol. The predicted octanol–water partition coefficient (Wildman–Crippen LogP) is 2.15. The third-order valence-electron chi connectivity index (χ3n) is 3.33. The first-order chi connectivity index (χ1) is 8.16. The van der Waals surface area contributed by atoms with Crippen LogP contribution in [0.3, 0.4) is 0 Å². The standard InChI is InChI=1S/C13H18N2O2/c1-10-5-2-3-8-15(10)9-11-6-4-7-12(14-11)13(16)17/h4,6-7,10H,2-3,5,8-9H2,1H3,(H,16,17). The average Bonchev–Trinajstić information content (AvgIpc) is 2.32. The van der Waals surface area contributed by atoms with Gasteiger partial charge in [0.05, 0.1) is 5.69 Å². The molecule has 1 saturated heterocycles. The number of likely N-dealkylation sites (tertiary alicyclic amines) is 1. The second kappa shape index (κ2) is 5.27. The Bertz CT molecular complexity index is 406. The van der Waals surface area contributed by atoms with Crippen molar-refractivity contribution in [2.24, 2.45) is 0 Å². The maximum absolute atomic E-state index is 10.8. The van der Waals surface area contributed by atoms with E-state index in [0.717, 1.165) is 18.8 Å². The normalized spacial score (nSPS) is 21.4. The Balaban J connectivity index is 2.07. The number of carbonyl (C=O) groups is 1. The third kappa shape index (κ3) is 3.03. The predicted molar refractivity (Wildman–Crippen MR) is 64.9 cm³/mol. The number of aromatic carboxylic acids is 1. The molecule has 1 fully saturated rings. The van der Waals surface area contributed by atoms with Gasteiger partial charge in [-0.15, -0.1) is 0 Å². The number of carboxylic acid groups (broad SMARTS) is 1. The molecule has 4 heteroatoms. The second-order valence-electron chi connectivity index (χ2n) is 4.63. The van der Waals surface area contributed by atoms with Gasteiger partial charge in [0.15, 0.2) is 0 Å². The molecule has 0 bridgehead atoms. The van der Waals surface area contributed by atoms with Crippen molar-refractivity contribution in [1.29, 1.82) is 0 Å². The van der Waals surface area contributed by atoms with E-state index >= 15 is 0 Å². The van der Waals surface area contributed by atoms with Crippen molar-refractivity contribution in [2.45, 2.75) is 38.8 Å². The van der Waals surface area contributed by atoms with E-state index in [1.807, 2.05) is 6.07 Å². The maximum atomic E-state index is 10.8. The molecule has 1 aromatic rings. The number of nitrogens with zero attached hydrogens (tertiary/aromatic N) is 2. The molecule has 1 unspecified atom stereocenters. The first kappa shape index (κ1) is 12.0. The fraction of sp³-hybridized carbons (Fsp3) is 0.538. The molecule has 0 radical (unpaired) electrons. The van der Waals surface area contributed by atoms with Gasteiger partial charge in [-0.05, 0) is 38.4 Å². The molecule has 2 rings (SSSR count). The van der Waals surface area contributed by atoms with E-state index in [9.17, 15) is 4.79 Å². The van der Waals surface area contributed by atoms with Gasteiger partial charge in [-0.2, -0.15) is 0 Å². The molecule has 0 saturated carbocycles. The van der Waals surface area contributed by atoms with Gasteiger partial charge in [-0.1, -0.05) is 12.5 Å². The lowest BCUT2D eigenvalue weighted by atomic mass is 10.0. The zero-order valence-corrected chi connectivity index (χ0v) is 10.1. The summed E-state index contributed by atoms with van der Waals surface area (Å²) >= 11 is 0. The lowest BCUT2D eigenvalue weighted by Gasteiger charge is -2.32. The SMILES string of the molecule is CC1CCCCN1Cc1cccc(C(=O)O)n1. The third-order valence-corrected chi connectivity index (χ3v) is 3.33. The first-order valence-corrected chi connectivity index (χ1v) is 6.10. The van der Waals surface area contributed by atoms with E-state index < -0.39 is 5.97 Å². The summed E-state index contributed by atoms with van der Waals surface area (Å²) in [6.45, 7) is 4.06. The van der Waals surface area contributed by atoms with Gasteiger partial charge in [-0.25, -0.2) is 9.78 Å². The first-order valence-electron chi connectivity index (χ1n) is 6.10. The Hall–Kier alpha value is -1.42. The molecular formula is C13H18N2O2. The number of piperidine rings is 1. The highest BCUT2D eigenvalue weighted by molar-refractivity contribution is 5.85. The Morgan fingerprint density at radius 1 is 1.53 bits per heavy atom. The molecule has 2 heterocycles. The molecule has 1 N–H and O–H groups in total. The average molecular weight is 234 g/mol. The van der Waals surface area contributed by atoms with Crippen LogP contribution < -0.4 is 0 Å². The molecule has 17 heavy (non-hydrogen) atoms. The zero-order chi connectivity index (χ0) is 12.3. The summed E-state index contributed by atoms with van der Waals surface area (Å²) in [6, 6.07) is 5.76. The zero-order valence-electron chi connectivity index (χ0n) is 10.1. The van der Waals surface area contributed by atoms with E-state index in [0.29, 0.717) is 6.04 Å². The van der Waals surface area contributed by atoms with Crippen LogP contribution in [0.2, 0.25) is 0 Å². The van der Waals surface area contributed by atoms with Gasteiger partial charge in [-0.3, -0.25) is 4.90 Å². The molecule has 4 nitrogen and oxygen atoms in total. The molecule has 0 spiro atoms. The van der Waals surface area contributed by atoms with Crippen LogP contribution in [0.5, 0.6) is 0 Å². The van der Waals surface area contributed by atoms with Gasteiger partial charge in [0, 0.05) is 12.6 Å². The van der Waals surface area contributed by atoms with Crippen LogP contribution in [0.1, 0.15) is 42.4 Å². The number of hydrogen-bond acceptors (Lipinski definition) is 3. The minimum Gasteiger partial charge on any atom is -0.477 e. The molecule has 92 valence electrons. The monoisotopic (exact) mass is 234 g/mol. The van der Waals surface area contributed by atoms with Crippen LogP contribution in [0.4, 0.5) is 0 Å². The Labute approximate surface area is 101 Å². The highest BCUT2D eigenvalue weighted by Crippen LogP contribution is 2.18. The van der Waals surface area contributed by atoms with Gasteiger partial charge < -0.3 is 5.11 Å². The molecule has 1 aromatic heterocycles.